The summed E-state index contributed by atoms with van der Waals surface area (Å²) in [6.45, 7) is 0. The van der Waals surface area contributed by atoms with E-state index in [9.17, 15) is 14.7 Å². The molecule has 0 radical (unpaired) electrons. The number of rotatable bonds is 0. The van der Waals surface area contributed by atoms with E-state index in [2.05, 4.69) is 10.6 Å². The van der Waals surface area contributed by atoms with Gasteiger partial charge in [0.2, 0.25) is 0 Å². The number of benzene rings is 2. The van der Waals surface area contributed by atoms with Crippen molar-refractivity contribution in [2.75, 3.05) is 0 Å². The van der Waals surface area contributed by atoms with E-state index < -0.39 is 11.6 Å². The van der Waals surface area contributed by atoms with Crippen LogP contribution < -0.4 is 10.6 Å². The van der Waals surface area contributed by atoms with E-state index in [-0.39, 0.29) is 11.7 Å². The molecule has 1 atom stereocenters. The topological polar surface area (TPSA) is 78.4 Å². The molecule has 1 saturated heterocycles. The Bertz CT molecular complexity index is 784. The molecule has 1 fully saturated rings. The van der Waals surface area contributed by atoms with Crippen LogP contribution in [0.25, 0.3) is 11.1 Å². The van der Waals surface area contributed by atoms with Crippen molar-refractivity contribution < 1.29 is 14.7 Å². The number of urea groups is 1. The summed E-state index contributed by atoms with van der Waals surface area (Å²) < 4.78 is 0. The van der Waals surface area contributed by atoms with Gasteiger partial charge in [0.05, 0.1) is 0 Å². The molecule has 2 aromatic carbocycles. The zero-order valence-electron chi connectivity index (χ0n) is 10.3. The van der Waals surface area contributed by atoms with Gasteiger partial charge in [-0.2, -0.15) is 0 Å². The van der Waals surface area contributed by atoms with Crippen molar-refractivity contribution in [1.29, 1.82) is 0 Å². The van der Waals surface area contributed by atoms with Crippen molar-refractivity contribution in [2.24, 2.45) is 0 Å². The van der Waals surface area contributed by atoms with E-state index in [1.165, 1.54) is 6.07 Å². The lowest BCUT2D eigenvalue weighted by Gasteiger charge is -2.22. The van der Waals surface area contributed by atoms with Crippen LogP contribution in [-0.2, 0) is 10.3 Å². The summed E-state index contributed by atoms with van der Waals surface area (Å²) in [6.07, 6.45) is 0. The molecule has 4 rings (SSSR count). The molecule has 5 nitrogen and oxygen atoms in total. The molecule has 0 saturated carbocycles. The molecular formula is C15H10N2O3. The van der Waals surface area contributed by atoms with Crippen molar-refractivity contribution in [3.05, 3.63) is 53.6 Å². The van der Waals surface area contributed by atoms with Crippen molar-refractivity contribution >= 4 is 11.9 Å². The molecule has 98 valence electrons. The van der Waals surface area contributed by atoms with Crippen LogP contribution in [0.5, 0.6) is 5.75 Å². The van der Waals surface area contributed by atoms with E-state index >= 15 is 0 Å². The predicted molar refractivity (Wildman–Crippen MR) is 71.0 cm³/mol. The maximum absolute atomic E-state index is 12.4. The van der Waals surface area contributed by atoms with E-state index in [0.29, 0.717) is 5.56 Å². The van der Waals surface area contributed by atoms with Crippen molar-refractivity contribution in [3.63, 3.8) is 0 Å². The fourth-order valence-electron chi connectivity index (χ4n) is 3.11. The maximum atomic E-state index is 12.4. The molecular weight excluding hydrogens is 256 g/mol. The normalized spacial score (nSPS) is 22.4. The first-order valence-electron chi connectivity index (χ1n) is 6.20. The Kier molecular flexibility index (Phi) is 1.87. The van der Waals surface area contributed by atoms with Gasteiger partial charge in [0, 0.05) is 0 Å². The molecule has 1 heterocycles. The van der Waals surface area contributed by atoms with Crippen LogP contribution in [0.2, 0.25) is 0 Å². The number of nitrogens with one attached hydrogen (secondary N) is 2. The van der Waals surface area contributed by atoms with Crippen LogP contribution in [-0.4, -0.2) is 17.0 Å². The third-order valence-corrected chi connectivity index (χ3v) is 3.90. The Morgan fingerprint density at radius 3 is 2.45 bits per heavy atom. The molecule has 3 N–H and O–H groups in total. The molecule has 0 aromatic heterocycles. The van der Waals surface area contributed by atoms with Gasteiger partial charge in [0.1, 0.15) is 5.75 Å². The number of hydrogen-bond donors (Lipinski definition) is 3. The second-order valence-electron chi connectivity index (χ2n) is 4.93. The Morgan fingerprint density at radius 2 is 1.70 bits per heavy atom. The zero-order chi connectivity index (χ0) is 13.9. The summed E-state index contributed by atoms with van der Waals surface area (Å²) in [5.74, 6) is -0.264. The smallest absolute Gasteiger partial charge is 0.322 e. The third kappa shape index (κ3) is 1.12. The van der Waals surface area contributed by atoms with Gasteiger partial charge in [-0.15, -0.1) is 0 Å². The van der Waals surface area contributed by atoms with Gasteiger partial charge < -0.3 is 10.4 Å². The van der Waals surface area contributed by atoms with Gasteiger partial charge in [-0.25, -0.2) is 4.79 Å². The number of phenolic OH excluding ortho intramolecular Hbond substituents is 1. The number of imide groups is 1. The monoisotopic (exact) mass is 266 g/mol. The first kappa shape index (κ1) is 11.0. The number of carbonyl (C=O) groups is 2. The average Bonchev–Trinajstić information content (AvgIpc) is 2.88. The highest BCUT2D eigenvalue weighted by molar-refractivity contribution is 6.13. The minimum Gasteiger partial charge on any atom is -0.508 e. The van der Waals surface area contributed by atoms with E-state index in [4.69, 9.17) is 0 Å². The standard InChI is InChI=1S/C15H10N2O3/c18-8-5-6-12-10(7-8)9-3-1-2-4-11(9)15(12)13(19)16-14(20)17-15/h1-7,18H,(H2,16,17,19,20). The van der Waals surface area contributed by atoms with Crippen molar-refractivity contribution in [2.45, 2.75) is 5.54 Å². The highest BCUT2D eigenvalue weighted by Gasteiger charge is 2.54. The van der Waals surface area contributed by atoms with Gasteiger partial charge >= 0.3 is 6.03 Å². The molecule has 2 aromatic rings. The minimum absolute atomic E-state index is 0.125. The van der Waals surface area contributed by atoms with Gasteiger partial charge in [-0.05, 0) is 34.4 Å². The number of carbonyl (C=O) groups excluding carboxylic acids is 2. The Morgan fingerprint density at radius 1 is 0.950 bits per heavy atom. The SMILES string of the molecule is O=C1NC(=O)C2(N1)c1ccccc1-c1cc(O)ccc12. The fraction of sp³-hybridized carbons (Fsp3) is 0.0667. The zero-order valence-corrected chi connectivity index (χ0v) is 10.3. The summed E-state index contributed by atoms with van der Waals surface area (Å²) in [4.78, 5) is 24.0. The van der Waals surface area contributed by atoms with Crippen LogP contribution in [0, 0.1) is 0 Å². The predicted octanol–water partition coefficient (Wildman–Crippen LogP) is 1.46. The largest absolute Gasteiger partial charge is 0.508 e. The lowest BCUT2D eigenvalue weighted by Crippen LogP contribution is -2.43. The third-order valence-electron chi connectivity index (χ3n) is 3.90. The maximum Gasteiger partial charge on any atom is 0.322 e. The summed E-state index contributed by atoms with van der Waals surface area (Å²) in [5.41, 5.74) is 1.83. The molecule has 20 heavy (non-hydrogen) atoms. The quantitative estimate of drug-likeness (QED) is 0.632. The van der Waals surface area contributed by atoms with Crippen LogP contribution in [0.1, 0.15) is 11.1 Å². The summed E-state index contributed by atoms with van der Waals surface area (Å²) >= 11 is 0. The molecule has 1 aliphatic heterocycles. The van der Waals surface area contributed by atoms with Crippen LogP contribution in [0.3, 0.4) is 0 Å². The van der Waals surface area contributed by atoms with Crippen molar-refractivity contribution in [1.82, 2.24) is 10.6 Å². The van der Waals surface area contributed by atoms with Crippen LogP contribution in [0.4, 0.5) is 4.79 Å². The van der Waals surface area contributed by atoms with E-state index in [1.54, 1.807) is 12.1 Å². The summed E-state index contributed by atoms with van der Waals surface area (Å²) in [5, 5.41) is 14.7. The molecule has 1 unspecified atom stereocenters. The first-order valence-corrected chi connectivity index (χ1v) is 6.20. The number of phenols is 1. The lowest BCUT2D eigenvalue weighted by atomic mass is 9.88. The molecule has 5 heteroatoms. The van der Waals surface area contributed by atoms with E-state index in [1.807, 2.05) is 24.3 Å². The number of amides is 3. The summed E-state index contributed by atoms with van der Waals surface area (Å²) in [6, 6.07) is 11.7. The van der Waals surface area contributed by atoms with Gasteiger partial charge in [0.15, 0.2) is 5.54 Å². The molecule has 2 aliphatic rings. The highest BCUT2D eigenvalue weighted by Crippen LogP contribution is 2.49. The molecule has 1 spiro atoms. The number of fused-ring (bicyclic) bond motifs is 5. The molecule has 3 amide bonds. The Balaban J connectivity index is 2.12. The fourth-order valence-corrected chi connectivity index (χ4v) is 3.11. The van der Waals surface area contributed by atoms with Crippen LogP contribution in [0.15, 0.2) is 42.5 Å². The van der Waals surface area contributed by atoms with Gasteiger partial charge in [-0.3, -0.25) is 10.1 Å². The Hall–Kier alpha value is -2.82. The van der Waals surface area contributed by atoms with Gasteiger partial charge in [-0.1, -0.05) is 30.3 Å². The first-order chi connectivity index (χ1) is 9.63. The average molecular weight is 266 g/mol. The molecule has 1 aliphatic carbocycles. The van der Waals surface area contributed by atoms with Crippen molar-refractivity contribution in [3.8, 4) is 16.9 Å². The van der Waals surface area contributed by atoms with E-state index in [0.717, 1.165) is 16.7 Å². The van der Waals surface area contributed by atoms with Gasteiger partial charge in [0.25, 0.3) is 5.91 Å². The summed E-state index contributed by atoms with van der Waals surface area (Å²) in [7, 11) is 0. The highest BCUT2D eigenvalue weighted by atomic mass is 16.3. The second kappa shape index (κ2) is 3.39. The second-order valence-corrected chi connectivity index (χ2v) is 4.93. The lowest BCUT2D eigenvalue weighted by molar-refractivity contribution is -0.122. The number of aromatic hydroxyl groups is 1. The minimum atomic E-state index is -1.18. The molecule has 0 bridgehead atoms. The van der Waals surface area contributed by atoms with Crippen LogP contribution >= 0.6 is 0 Å². The number of hydrogen-bond acceptors (Lipinski definition) is 3. The Labute approximate surface area is 114 Å².